The van der Waals surface area contributed by atoms with Gasteiger partial charge in [-0.15, -0.1) is 0 Å². The van der Waals surface area contributed by atoms with Crippen LogP contribution in [0, 0.1) is 0 Å². The second kappa shape index (κ2) is 4.97. The van der Waals surface area contributed by atoms with Crippen LogP contribution in [-0.4, -0.2) is 30.4 Å². The van der Waals surface area contributed by atoms with E-state index in [-0.39, 0.29) is 11.9 Å². The molecular formula is C12H15BrN2O. The first-order valence-electron chi connectivity index (χ1n) is 5.42. The maximum atomic E-state index is 11.6. The Bertz CT molecular complexity index is 394. The van der Waals surface area contributed by atoms with Crippen molar-refractivity contribution < 1.29 is 4.79 Å². The Labute approximate surface area is 104 Å². The number of amides is 1. The van der Waals surface area contributed by atoms with Gasteiger partial charge in [-0.05, 0) is 17.7 Å². The molecule has 2 rings (SSSR count). The number of piperazine rings is 1. The molecule has 1 atom stereocenters. The lowest BCUT2D eigenvalue weighted by atomic mass is 10.0. The second-order valence-electron chi connectivity index (χ2n) is 3.99. The minimum atomic E-state index is 0.145. The lowest BCUT2D eigenvalue weighted by Gasteiger charge is -2.36. The van der Waals surface area contributed by atoms with E-state index in [0.29, 0.717) is 0 Å². The molecular weight excluding hydrogens is 268 g/mol. The van der Waals surface area contributed by atoms with Gasteiger partial charge in [0.05, 0.1) is 6.04 Å². The monoisotopic (exact) mass is 282 g/mol. The minimum Gasteiger partial charge on any atom is -0.333 e. The van der Waals surface area contributed by atoms with Gasteiger partial charge in [0.25, 0.3) is 0 Å². The van der Waals surface area contributed by atoms with Crippen molar-refractivity contribution in [1.82, 2.24) is 10.2 Å². The lowest BCUT2D eigenvalue weighted by molar-refractivity contribution is -0.132. The van der Waals surface area contributed by atoms with E-state index < -0.39 is 0 Å². The van der Waals surface area contributed by atoms with Gasteiger partial charge in [0.1, 0.15) is 0 Å². The fourth-order valence-electron chi connectivity index (χ4n) is 2.09. The number of hydrogen-bond acceptors (Lipinski definition) is 2. The number of rotatable bonds is 1. The molecule has 0 radical (unpaired) electrons. The van der Waals surface area contributed by atoms with Gasteiger partial charge in [-0.25, -0.2) is 0 Å². The standard InChI is InChI=1S/C12H15BrN2O/c1-9(16)15-6-5-14-8-12(15)10-3-2-4-11(13)7-10/h2-4,7,12,14H,5-6,8H2,1H3. The fourth-order valence-corrected chi connectivity index (χ4v) is 2.51. The molecule has 1 aliphatic rings. The number of halogens is 1. The first-order valence-corrected chi connectivity index (χ1v) is 6.21. The molecule has 1 amide bonds. The molecule has 4 heteroatoms. The Morgan fingerprint density at radius 3 is 3.06 bits per heavy atom. The lowest BCUT2D eigenvalue weighted by Crippen LogP contribution is -2.47. The third-order valence-corrected chi connectivity index (χ3v) is 3.37. The van der Waals surface area contributed by atoms with Gasteiger partial charge in [0.2, 0.25) is 5.91 Å². The van der Waals surface area contributed by atoms with Crippen molar-refractivity contribution in [2.75, 3.05) is 19.6 Å². The van der Waals surface area contributed by atoms with Crippen LogP contribution in [0.25, 0.3) is 0 Å². The Hall–Kier alpha value is -0.870. The molecule has 0 aromatic heterocycles. The summed E-state index contributed by atoms with van der Waals surface area (Å²) in [4.78, 5) is 13.5. The molecule has 0 bridgehead atoms. The van der Waals surface area contributed by atoms with Crippen LogP contribution < -0.4 is 5.32 Å². The first kappa shape index (κ1) is 11.6. The molecule has 16 heavy (non-hydrogen) atoms. The maximum absolute atomic E-state index is 11.6. The van der Waals surface area contributed by atoms with E-state index in [1.807, 2.05) is 17.0 Å². The summed E-state index contributed by atoms with van der Waals surface area (Å²) in [5.41, 5.74) is 1.18. The molecule has 1 N–H and O–H groups in total. The molecule has 1 aliphatic heterocycles. The normalized spacial score (nSPS) is 20.9. The van der Waals surface area contributed by atoms with Crippen LogP contribution in [-0.2, 0) is 4.79 Å². The highest BCUT2D eigenvalue weighted by atomic mass is 79.9. The fraction of sp³-hybridized carbons (Fsp3) is 0.417. The van der Waals surface area contributed by atoms with Gasteiger partial charge in [-0.1, -0.05) is 28.1 Å². The van der Waals surface area contributed by atoms with E-state index in [4.69, 9.17) is 0 Å². The van der Waals surface area contributed by atoms with Crippen LogP contribution in [0.5, 0.6) is 0 Å². The van der Waals surface area contributed by atoms with Crippen LogP contribution in [0.2, 0.25) is 0 Å². The Kier molecular flexibility index (Phi) is 3.61. The molecule has 0 spiro atoms. The van der Waals surface area contributed by atoms with E-state index in [1.165, 1.54) is 5.56 Å². The van der Waals surface area contributed by atoms with Gasteiger partial charge in [-0.2, -0.15) is 0 Å². The summed E-state index contributed by atoms with van der Waals surface area (Å²) >= 11 is 3.46. The molecule has 1 unspecified atom stereocenters. The zero-order chi connectivity index (χ0) is 11.5. The molecule has 1 saturated heterocycles. The zero-order valence-electron chi connectivity index (χ0n) is 9.24. The summed E-state index contributed by atoms with van der Waals surface area (Å²) in [5, 5.41) is 3.33. The van der Waals surface area contributed by atoms with Crippen molar-refractivity contribution in [2.45, 2.75) is 13.0 Å². The topological polar surface area (TPSA) is 32.3 Å². The summed E-state index contributed by atoms with van der Waals surface area (Å²) in [6, 6.07) is 8.31. The van der Waals surface area contributed by atoms with Crippen molar-refractivity contribution in [3.05, 3.63) is 34.3 Å². The number of carbonyl (C=O) groups is 1. The summed E-state index contributed by atoms with van der Waals surface area (Å²) in [5.74, 6) is 0.145. The molecule has 86 valence electrons. The average molecular weight is 283 g/mol. The number of carbonyl (C=O) groups excluding carboxylic acids is 1. The van der Waals surface area contributed by atoms with Crippen molar-refractivity contribution in [2.24, 2.45) is 0 Å². The Morgan fingerprint density at radius 1 is 1.56 bits per heavy atom. The Morgan fingerprint density at radius 2 is 2.38 bits per heavy atom. The number of benzene rings is 1. The van der Waals surface area contributed by atoms with E-state index in [1.54, 1.807) is 6.92 Å². The SMILES string of the molecule is CC(=O)N1CCNCC1c1cccc(Br)c1. The van der Waals surface area contributed by atoms with Gasteiger partial charge < -0.3 is 10.2 Å². The van der Waals surface area contributed by atoms with Gasteiger partial charge in [-0.3, -0.25) is 4.79 Å². The highest BCUT2D eigenvalue weighted by Gasteiger charge is 2.25. The van der Waals surface area contributed by atoms with Crippen molar-refractivity contribution in [3.63, 3.8) is 0 Å². The number of hydrogen-bond donors (Lipinski definition) is 1. The van der Waals surface area contributed by atoms with E-state index in [0.717, 1.165) is 24.1 Å². The highest BCUT2D eigenvalue weighted by Crippen LogP contribution is 2.24. The van der Waals surface area contributed by atoms with Crippen molar-refractivity contribution >= 4 is 21.8 Å². The number of nitrogens with zero attached hydrogens (tertiary/aromatic N) is 1. The van der Waals surface area contributed by atoms with Crippen molar-refractivity contribution in [1.29, 1.82) is 0 Å². The third kappa shape index (κ3) is 2.44. The molecule has 3 nitrogen and oxygen atoms in total. The molecule has 1 fully saturated rings. The van der Waals surface area contributed by atoms with Gasteiger partial charge in [0.15, 0.2) is 0 Å². The third-order valence-electron chi connectivity index (χ3n) is 2.88. The molecule has 1 aromatic rings. The van der Waals surface area contributed by atoms with Crippen molar-refractivity contribution in [3.8, 4) is 0 Å². The van der Waals surface area contributed by atoms with Crippen LogP contribution in [0.4, 0.5) is 0 Å². The summed E-state index contributed by atoms with van der Waals surface area (Å²) < 4.78 is 1.05. The maximum Gasteiger partial charge on any atom is 0.220 e. The van der Waals surface area contributed by atoms with Crippen LogP contribution >= 0.6 is 15.9 Å². The predicted octanol–water partition coefficient (Wildman–Crippen LogP) is 1.94. The summed E-state index contributed by atoms with van der Waals surface area (Å²) in [7, 11) is 0. The zero-order valence-corrected chi connectivity index (χ0v) is 10.8. The van der Waals surface area contributed by atoms with Crippen LogP contribution in [0.3, 0.4) is 0 Å². The molecule has 1 aromatic carbocycles. The van der Waals surface area contributed by atoms with Gasteiger partial charge in [0, 0.05) is 31.0 Å². The molecule has 0 saturated carbocycles. The largest absolute Gasteiger partial charge is 0.333 e. The summed E-state index contributed by atoms with van der Waals surface area (Å²) in [6.45, 7) is 4.13. The Balaban J connectivity index is 2.26. The molecule has 1 heterocycles. The van der Waals surface area contributed by atoms with Crippen LogP contribution in [0.15, 0.2) is 28.7 Å². The summed E-state index contributed by atoms with van der Waals surface area (Å²) in [6.07, 6.45) is 0. The number of nitrogens with one attached hydrogen (secondary N) is 1. The van der Waals surface area contributed by atoms with E-state index >= 15 is 0 Å². The first-order chi connectivity index (χ1) is 7.68. The smallest absolute Gasteiger partial charge is 0.220 e. The van der Waals surface area contributed by atoms with Gasteiger partial charge >= 0.3 is 0 Å². The minimum absolute atomic E-state index is 0.145. The van der Waals surface area contributed by atoms with Crippen LogP contribution in [0.1, 0.15) is 18.5 Å². The quantitative estimate of drug-likeness (QED) is 0.854. The predicted molar refractivity (Wildman–Crippen MR) is 67.1 cm³/mol. The average Bonchev–Trinajstić information content (AvgIpc) is 2.29. The highest BCUT2D eigenvalue weighted by molar-refractivity contribution is 9.10. The van der Waals surface area contributed by atoms with E-state index in [2.05, 4.69) is 33.4 Å². The second-order valence-corrected chi connectivity index (χ2v) is 4.90. The van der Waals surface area contributed by atoms with E-state index in [9.17, 15) is 4.79 Å². The molecule has 0 aliphatic carbocycles.